The van der Waals surface area contributed by atoms with E-state index in [9.17, 15) is 18.0 Å². The molecule has 0 atom stereocenters. The molecule has 1 aromatic heterocycles. The molecule has 158 valence electrons. The van der Waals surface area contributed by atoms with Crippen LogP contribution in [-0.2, 0) is 6.18 Å². The van der Waals surface area contributed by atoms with E-state index in [4.69, 9.17) is 11.1 Å². The number of amides is 1. The number of hydrogen-bond acceptors (Lipinski definition) is 5. The number of hydrogen-bond donors (Lipinski definition) is 3. The third-order valence-electron chi connectivity index (χ3n) is 4.34. The lowest BCUT2D eigenvalue weighted by Crippen LogP contribution is -2.17. The van der Waals surface area contributed by atoms with Crippen molar-refractivity contribution >= 4 is 17.3 Å². The van der Waals surface area contributed by atoms with E-state index < -0.39 is 28.9 Å². The summed E-state index contributed by atoms with van der Waals surface area (Å²) in [4.78, 5) is 21.3. The van der Waals surface area contributed by atoms with Crippen LogP contribution >= 0.6 is 0 Å². The van der Waals surface area contributed by atoms with Crippen molar-refractivity contribution in [2.24, 2.45) is 5.73 Å². The Morgan fingerprint density at radius 2 is 1.87 bits per heavy atom. The number of nitrogens with two attached hydrogens (primary N) is 1. The number of rotatable bonds is 5. The maximum absolute atomic E-state index is 13.3. The van der Waals surface area contributed by atoms with E-state index in [1.54, 1.807) is 6.92 Å². The zero-order valence-electron chi connectivity index (χ0n) is 16.4. The molecule has 0 radical (unpaired) electrons. The zero-order chi connectivity index (χ0) is 22.6. The van der Waals surface area contributed by atoms with Crippen molar-refractivity contribution in [2.75, 3.05) is 5.32 Å². The van der Waals surface area contributed by atoms with Gasteiger partial charge in [-0.2, -0.15) is 13.2 Å². The molecule has 0 saturated carbocycles. The van der Waals surface area contributed by atoms with Gasteiger partial charge in [0.25, 0.3) is 5.91 Å². The lowest BCUT2D eigenvalue weighted by Gasteiger charge is -2.15. The molecule has 3 aromatic rings. The summed E-state index contributed by atoms with van der Waals surface area (Å²) in [6.07, 6.45) is -1.27. The van der Waals surface area contributed by atoms with Crippen molar-refractivity contribution in [1.29, 1.82) is 5.41 Å². The first-order chi connectivity index (χ1) is 14.7. The number of carbonyl (C=O) groups excluding carboxylic acids is 1. The summed E-state index contributed by atoms with van der Waals surface area (Å²) in [5, 5.41) is 10.5. The van der Waals surface area contributed by atoms with Crippen molar-refractivity contribution < 1.29 is 18.0 Å². The number of anilines is 1. The number of nitrogens with one attached hydrogen (secondary N) is 2. The van der Waals surface area contributed by atoms with Gasteiger partial charge < -0.3 is 16.5 Å². The summed E-state index contributed by atoms with van der Waals surface area (Å²) in [7, 11) is 0. The van der Waals surface area contributed by atoms with E-state index in [2.05, 4.69) is 15.3 Å². The molecule has 4 N–H and O–H groups in total. The van der Waals surface area contributed by atoms with Crippen LogP contribution in [0.25, 0.3) is 11.3 Å². The molecule has 31 heavy (non-hydrogen) atoms. The summed E-state index contributed by atoms with van der Waals surface area (Å²) >= 11 is 0. The number of aryl methyl sites for hydroxylation is 1. The lowest BCUT2D eigenvalue weighted by atomic mass is 9.98. The van der Waals surface area contributed by atoms with Crippen LogP contribution in [0, 0.1) is 12.3 Å². The van der Waals surface area contributed by atoms with E-state index >= 15 is 0 Å². The molecular formula is C22H18F3N5O. The number of halogens is 3. The molecule has 0 unspecified atom stereocenters. The van der Waals surface area contributed by atoms with Crippen LogP contribution in [0.1, 0.15) is 27.3 Å². The monoisotopic (exact) mass is 425 g/mol. The Morgan fingerprint density at radius 1 is 1.16 bits per heavy atom. The van der Waals surface area contributed by atoms with Crippen LogP contribution in [-0.4, -0.2) is 21.6 Å². The topological polar surface area (TPSA) is 105 Å². The summed E-state index contributed by atoms with van der Waals surface area (Å²) in [6, 6.07) is 11.9. The second-order valence-electron chi connectivity index (χ2n) is 6.53. The van der Waals surface area contributed by atoms with Crippen LogP contribution < -0.4 is 11.1 Å². The maximum atomic E-state index is 13.3. The van der Waals surface area contributed by atoms with E-state index in [1.165, 1.54) is 6.20 Å². The average Bonchev–Trinajstić information content (AvgIpc) is 2.74. The largest absolute Gasteiger partial charge is 0.417 e. The van der Waals surface area contributed by atoms with Gasteiger partial charge in [-0.05, 0) is 37.4 Å². The highest BCUT2D eigenvalue weighted by Gasteiger charge is 2.34. The number of alkyl halides is 3. The molecule has 2 aromatic carbocycles. The van der Waals surface area contributed by atoms with Crippen LogP contribution in [0.2, 0.25) is 0 Å². The van der Waals surface area contributed by atoms with E-state index in [-0.39, 0.29) is 5.56 Å². The van der Waals surface area contributed by atoms with Gasteiger partial charge in [-0.15, -0.1) is 0 Å². The molecule has 6 nitrogen and oxygen atoms in total. The highest BCUT2D eigenvalue weighted by Crippen LogP contribution is 2.33. The van der Waals surface area contributed by atoms with Gasteiger partial charge in [0, 0.05) is 16.7 Å². The summed E-state index contributed by atoms with van der Waals surface area (Å²) in [6.45, 7) is 1.71. The molecule has 1 heterocycles. The highest BCUT2D eigenvalue weighted by atomic mass is 19.4. The predicted molar refractivity (Wildman–Crippen MR) is 112 cm³/mol. The molecule has 1 amide bonds. The van der Waals surface area contributed by atoms with E-state index in [1.807, 2.05) is 30.3 Å². The second kappa shape index (κ2) is 8.78. The summed E-state index contributed by atoms with van der Waals surface area (Å²) in [5.74, 6) is -0.167. The third kappa shape index (κ3) is 4.95. The first-order valence-electron chi connectivity index (χ1n) is 9.09. The molecule has 9 heteroatoms. The van der Waals surface area contributed by atoms with Crippen molar-refractivity contribution in [2.45, 2.75) is 13.1 Å². The van der Waals surface area contributed by atoms with Gasteiger partial charge >= 0.3 is 6.18 Å². The van der Waals surface area contributed by atoms with E-state index in [0.29, 0.717) is 17.2 Å². The van der Waals surface area contributed by atoms with Gasteiger partial charge in [0.15, 0.2) is 0 Å². The molecule has 3 rings (SSSR count). The minimum atomic E-state index is -4.69. The fourth-order valence-electron chi connectivity index (χ4n) is 2.91. The third-order valence-corrected chi connectivity index (χ3v) is 4.34. The molecule has 0 spiro atoms. The summed E-state index contributed by atoms with van der Waals surface area (Å²) < 4.78 is 40.0. The van der Waals surface area contributed by atoms with Crippen LogP contribution in [0.3, 0.4) is 0 Å². The van der Waals surface area contributed by atoms with Crippen LogP contribution in [0.4, 0.5) is 18.9 Å². The van der Waals surface area contributed by atoms with Crippen LogP contribution in [0.5, 0.6) is 0 Å². The second-order valence-corrected chi connectivity index (χ2v) is 6.53. The Hall–Kier alpha value is -4.01. The summed E-state index contributed by atoms with van der Waals surface area (Å²) in [5.41, 5.74) is 4.73. The number of aromatic nitrogens is 2. The quantitative estimate of drug-likeness (QED) is 0.521. The van der Waals surface area contributed by atoms with Gasteiger partial charge in [-0.1, -0.05) is 30.3 Å². The smallest absolute Gasteiger partial charge is 0.405 e. The lowest BCUT2D eigenvalue weighted by molar-refractivity contribution is -0.137. The van der Waals surface area contributed by atoms with Gasteiger partial charge in [0.2, 0.25) is 0 Å². The fraction of sp³-hybridized carbons (Fsp3) is 0.0909. The normalized spacial score (nSPS) is 11.5. The Balaban J connectivity index is 2.00. The minimum absolute atomic E-state index is 0.0576. The number of carbonyl (C=O) groups is 1. The molecule has 0 fully saturated rings. The Morgan fingerprint density at radius 3 is 2.52 bits per heavy atom. The van der Waals surface area contributed by atoms with E-state index in [0.717, 1.165) is 36.0 Å². The molecule has 0 bridgehead atoms. The first kappa shape index (κ1) is 21.7. The molecular weight excluding hydrogens is 407 g/mol. The predicted octanol–water partition coefficient (Wildman–Crippen LogP) is 4.56. The molecule has 0 aliphatic rings. The Kier molecular flexibility index (Phi) is 6.15. The fourth-order valence-corrected chi connectivity index (χ4v) is 2.91. The van der Waals surface area contributed by atoms with Crippen molar-refractivity contribution in [3.8, 4) is 11.3 Å². The zero-order valence-corrected chi connectivity index (χ0v) is 16.4. The van der Waals surface area contributed by atoms with Crippen LogP contribution in [0.15, 0.2) is 67.0 Å². The molecule has 0 aliphatic carbocycles. The number of nitrogens with zero attached hydrogens (tertiary/aromatic N) is 2. The Bertz CT molecular complexity index is 1160. The molecule has 0 aliphatic heterocycles. The molecule has 0 saturated heterocycles. The first-order valence-corrected chi connectivity index (χ1v) is 9.09. The number of allylic oxidation sites excluding steroid dienone is 1. The van der Waals surface area contributed by atoms with Gasteiger partial charge in [-0.25, -0.2) is 9.97 Å². The maximum Gasteiger partial charge on any atom is 0.417 e. The average molecular weight is 425 g/mol. The van der Waals surface area contributed by atoms with Crippen molar-refractivity contribution in [1.82, 2.24) is 9.97 Å². The SMILES string of the molecule is Cc1ncc(NC(=O)c2ccc(C(F)(F)F)c(C(=N)/C=C\N)c2)c(-c2ccccc2)n1. The standard InChI is InChI=1S/C22H18F3N5O/c1-13-28-12-19(20(29-13)14-5-3-2-4-6-14)30-21(31)15-7-8-17(22(23,24)25)16(11-15)18(27)9-10-26/h2-12,27H,26H2,1H3,(H,30,31)/b10-9-,27-18?. The Labute approximate surface area is 176 Å². The van der Waals surface area contributed by atoms with Gasteiger partial charge in [-0.3, -0.25) is 4.79 Å². The number of benzene rings is 2. The van der Waals surface area contributed by atoms with Crippen molar-refractivity contribution in [3.63, 3.8) is 0 Å². The van der Waals surface area contributed by atoms with Gasteiger partial charge in [0.1, 0.15) is 5.82 Å². The van der Waals surface area contributed by atoms with Crippen molar-refractivity contribution in [3.05, 3.63) is 89.5 Å². The minimum Gasteiger partial charge on any atom is -0.405 e. The van der Waals surface area contributed by atoms with Gasteiger partial charge in [0.05, 0.1) is 28.9 Å². The highest BCUT2D eigenvalue weighted by molar-refractivity contribution is 6.11.